The number of hydrogen-bond donors (Lipinski definition) is 2. The standard InChI is InChI=1S/C18H22FN3O2/c1-14(23)20-13-17(18-7-4-12-24-18)22-10-8-21(9-11-22)16-6-3-2-5-15(16)19/h2-7,12,17H,8-11,13H2,1H3,(H,20,23)/p+1/t17-/m0/s1. The van der Waals surface area contributed by atoms with Gasteiger partial charge in [0.1, 0.15) is 5.82 Å². The molecule has 24 heavy (non-hydrogen) atoms. The van der Waals surface area contributed by atoms with Crippen molar-refractivity contribution in [3.63, 3.8) is 0 Å². The molecule has 3 rings (SSSR count). The molecule has 1 amide bonds. The maximum absolute atomic E-state index is 14.0. The largest absolute Gasteiger partial charge is 0.463 e. The van der Waals surface area contributed by atoms with Crippen LogP contribution in [0.3, 0.4) is 0 Å². The van der Waals surface area contributed by atoms with E-state index in [-0.39, 0.29) is 17.8 Å². The van der Waals surface area contributed by atoms with Crippen LogP contribution in [0.2, 0.25) is 0 Å². The lowest BCUT2D eigenvalue weighted by atomic mass is 10.1. The van der Waals surface area contributed by atoms with E-state index in [9.17, 15) is 9.18 Å². The van der Waals surface area contributed by atoms with Gasteiger partial charge in [-0.05, 0) is 24.3 Å². The molecule has 1 fully saturated rings. The van der Waals surface area contributed by atoms with Crippen molar-refractivity contribution in [3.05, 3.63) is 54.2 Å². The van der Waals surface area contributed by atoms with Gasteiger partial charge in [0.05, 0.1) is 44.7 Å². The third-order valence-electron chi connectivity index (χ3n) is 4.53. The summed E-state index contributed by atoms with van der Waals surface area (Å²) in [5, 5.41) is 2.89. The average molecular weight is 332 g/mol. The van der Waals surface area contributed by atoms with Crippen LogP contribution in [0.1, 0.15) is 18.7 Å². The zero-order valence-corrected chi connectivity index (χ0v) is 13.8. The monoisotopic (exact) mass is 332 g/mol. The molecule has 1 aliphatic rings. The summed E-state index contributed by atoms with van der Waals surface area (Å²) in [4.78, 5) is 14.7. The van der Waals surface area contributed by atoms with Gasteiger partial charge < -0.3 is 19.5 Å². The summed E-state index contributed by atoms with van der Waals surface area (Å²) >= 11 is 0. The maximum atomic E-state index is 14.0. The minimum absolute atomic E-state index is 0.0454. The first-order chi connectivity index (χ1) is 11.6. The Morgan fingerprint density at radius 3 is 2.67 bits per heavy atom. The molecule has 2 aromatic rings. The molecule has 1 aromatic carbocycles. The van der Waals surface area contributed by atoms with E-state index < -0.39 is 0 Å². The van der Waals surface area contributed by atoms with Crippen LogP contribution in [-0.2, 0) is 4.79 Å². The van der Waals surface area contributed by atoms with Crippen molar-refractivity contribution in [2.75, 3.05) is 37.6 Å². The van der Waals surface area contributed by atoms with Crippen LogP contribution in [0.25, 0.3) is 0 Å². The summed E-state index contributed by atoms with van der Waals surface area (Å²) in [6.45, 7) is 5.32. The van der Waals surface area contributed by atoms with Gasteiger partial charge in [-0.1, -0.05) is 12.1 Å². The number of piperazine rings is 1. The lowest BCUT2D eigenvalue weighted by Crippen LogP contribution is -3.15. The molecule has 0 spiro atoms. The lowest BCUT2D eigenvalue weighted by molar-refractivity contribution is -0.932. The summed E-state index contributed by atoms with van der Waals surface area (Å²) in [7, 11) is 0. The number of furan rings is 1. The fraction of sp³-hybridized carbons (Fsp3) is 0.389. The van der Waals surface area contributed by atoms with Crippen LogP contribution in [-0.4, -0.2) is 38.6 Å². The highest BCUT2D eigenvalue weighted by molar-refractivity contribution is 5.72. The van der Waals surface area contributed by atoms with E-state index in [1.807, 2.05) is 24.3 Å². The molecule has 1 aromatic heterocycles. The number of anilines is 1. The van der Waals surface area contributed by atoms with E-state index in [0.717, 1.165) is 31.9 Å². The topological polar surface area (TPSA) is 49.9 Å². The van der Waals surface area contributed by atoms with Crippen LogP contribution in [0.15, 0.2) is 47.1 Å². The number of hydrogen-bond acceptors (Lipinski definition) is 3. The zero-order valence-electron chi connectivity index (χ0n) is 13.8. The predicted molar refractivity (Wildman–Crippen MR) is 89.4 cm³/mol. The molecule has 2 heterocycles. The Kier molecular flexibility index (Phi) is 5.15. The molecule has 0 bridgehead atoms. The molecule has 1 atom stereocenters. The van der Waals surface area contributed by atoms with E-state index in [1.54, 1.807) is 12.3 Å². The normalized spacial score (nSPS) is 16.8. The fourth-order valence-electron chi connectivity index (χ4n) is 3.27. The van der Waals surface area contributed by atoms with Crippen LogP contribution in [0.4, 0.5) is 10.1 Å². The Labute approximate surface area is 141 Å². The van der Waals surface area contributed by atoms with Crippen molar-refractivity contribution in [1.29, 1.82) is 0 Å². The average Bonchev–Trinajstić information content (AvgIpc) is 3.10. The van der Waals surface area contributed by atoms with Gasteiger partial charge in [-0.15, -0.1) is 0 Å². The quantitative estimate of drug-likeness (QED) is 0.859. The van der Waals surface area contributed by atoms with Crippen LogP contribution in [0.5, 0.6) is 0 Å². The van der Waals surface area contributed by atoms with Gasteiger partial charge in [0.15, 0.2) is 11.8 Å². The van der Waals surface area contributed by atoms with Gasteiger partial charge in [-0.25, -0.2) is 4.39 Å². The number of nitrogens with one attached hydrogen (secondary N) is 2. The molecule has 1 saturated heterocycles. The second kappa shape index (κ2) is 7.49. The van der Waals surface area contributed by atoms with Gasteiger partial charge in [-0.2, -0.15) is 0 Å². The number of halogens is 1. The van der Waals surface area contributed by atoms with Crippen LogP contribution >= 0.6 is 0 Å². The molecule has 1 aliphatic heterocycles. The molecule has 0 saturated carbocycles. The number of carbonyl (C=O) groups excluding carboxylic acids is 1. The van der Waals surface area contributed by atoms with Gasteiger partial charge >= 0.3 is 0 Å². The molecule has 6 heteroatoms. The highest BCUT2D eigenvalue weighted by Gasteiger charge is 2.31. The number of quaternary nitrogens is 1. The molecular formula is C18H23FN3O2+. The third-order valence-corrected chi connectivity index (χ3v) is 4.53. The molecule has 0 unspecified atom stereocenters. The van der Waals surface area contributed by atoms with E-state index in [2.05, 4.69) is 10.2 Å². The van der Waals surface area contributed by atoms with Crippen molar-refractivity contribution in [1.82, 2.24) is 5.32 Å². The van der Waals surface area contributed by atoms with Gasteiger partial charge in [0, 0.05) is 6.92 Å². The molecule has 5 nitrogen and oxygen atoms in total. The summed E-state index contributed by atoms with van der Waals surface area (Å²) in [5.41, 5.74) is 0.660. The van der Waals surface area contributed by atoms with E-state index in [1.165, 1.54) is 17.9 Å². The number of para-hydroxylation sites is 1. The van der Waals surface area contributed by atoms with Crippen molar-refractivity contribution in [2.24, 2.45) is 0 Å². The SMILES string of the molecule is CC(=O)NC[C@@H](c1ccco1)[NH+]1CCN(c2ccccc2F)CC1. The highest BCUT2D eigenvalue weighted by atomic mass is 19.1. The van der Waals surface area contributed by atoms with Gasteiger partial charge in [-0.3, -0.25) is 4.79 Å². The third kappa shape index (κ3) is 3.76. The number of carbonyl (C=O) groups is 1. The van der Waals surface area contributed by atoms with Gasteiger partial charge in [0.2, 0.25) is 5.91 Å². The summed E-state index contributed by atoms with van der Waals surface area (Å²) in [6.07, 6.45) is 1.66. The van der Waals surface area contributed by atoms with Crippen molar-refractivity contribution in [2.45, 2.75) is 13.0 Å². The van der Waals surface area contributed by atoms with Gasteiger partial charge in [0.25, 0.3) is 0 Å². The van der Waals surface area contributed by atoms with E-state index in [4.69, 9.17) is 4.42 Å². The predicted octanol–water partition coefficient (Wildman–Crippen LogP) is 1.00. The molecule has 0 radical (unpaired) electrons. The first-order valence-corrected chi connectivity index (χ1v) is 8.27. The number of rotatable bonds is 5. The van der Waals surface area contributed by atoms with Crippen molar-refractivity contribution >= 4 is 11.6 Å². The minimum atomic E-state index is -0.179. The highest BCUT2D eigenvalue weighted by Crippen LogP contribution is 2.19. The molecular weight excluding hydrogens is 309 g/mol. The second-order valence-electron chi connectivity index (χ2n) is 6.10. The number of nitrogens with zero attached hydrogens (tertiary/aromatic N) is 1. The Morgan fingerprint density at radius 2 is 2.04 bits per heavy atom. The number of amides is 1. The fourth-order valence-corrected chi connectivity index (χ4v) is 3.27. The van der Waals surface area contributed by atoms with Crippen molar-refractivity contribution in [3.8, 4) is 0 Å². The van der Waals surface area contributed by atoms with Crippen LogP contribution < -0.4 is 15.1 Å². The minimum Gasteiger partial charge on any atom is -0.463 e. The second-order valence-corrected chi connectivity index (χ2v) is 6.10. The zero-order chi connectivity index (χ0) is 16.9. The Bertz CT molecular complexity index is 667. The smallest absolute Gasteiger partial charge is 0.217 e. The van der Waals surface area contributed by atoms with Crippen molar-refractivity contribution < 1.29 is 18.5 Å². The summed E-state index contributed by atoms with van der Waals surface area (Å²) in [5.74, 6) is 0.649. The first-order valence-electron chi connectivity index (χ1n) is 8.27. The first kappa shape index (κ1) is 16.5. The Morgan fingerprint density at radius 1 is 1.29 bits per heavy atom. The summed E-state index contributed by atoms with van der Waals surface area (Å²) in [6, 6.07) is 10.8. The Balaban J connectivity index is 1.67. The Hall–Kier alpha value is -2.34. The van der Waals surface area contributed by atoms with E-state index >= 15 is 0 Å². The maximum Gasteiger partial charge on any atom is 0.217 e. The molecule has 2 N–H and O–H groups in total. The lowest BCUT2D eigenvalue weighted by Gasteiger charge is -2.37. The number of benzene rings is 1. The molecule has 128 valence electrons. The molecule has 0 aliphatic carbocycles. The van der Waals surface area contributed by atoms with E-state index in [0.29, 0.717) is 12.2 Å². The summed E-state index contributed by atoms with van der Waals surface area (Å²) < 4.78 is 19.5. The van der Waals surface area contributed by atoms with Crippen LogP contribution in [0, 0.1) is 5.82 Å².